The number of carbonyl (C=O) groups is 3. The van der Waals surface area contributed by atoms with Gasteiger partial charge in [0.25, 0.3) is 0 Å². The summed E-state index contributed by atoms with van der Waals surface area (Å²) in [4.78, 5) is 38.5. The van der Waals surface area contributed by atoms with E-state index >= 15 is 0 Å². The lowest BCUT2D eigenvalue weighted by Gasteiger charge is -2.08. The summed E-state index contributed by atoms with van der Waals surface area (Å²) in [7, 11) is 0. The van der Waals surface area contributed by atoms with Gasteiger partial charge in [-0.2, -0.15) is 0 Å². The average molecular weight is 295 g/mol. The van der Waals surface area contributed by atoms with Crippen LogP contribution in [0.15, 0.2) is 0 Å². The first kappa shape index (κ1) is 16.9. The standard InChI is InChI=1S/C15H21NO5/c1-6-20-15(19)13-10(5)16-9(4)12(13)11(17)7-21-14(18)8(2)3/h8,16H,6-7H2,1-5H3. The molecule has 0 radical (unpaired) electrons. The van der Waals surface area contributed by atoms with E-state index in [1.54, 1.807) is 34.6 Å². The SMILES string of the molecule is CCOC(=O)c1c(C)[nH]c(C)c1C(=O)COC(=O)C(C)C. The summed E-state index contributed by atoms with van der Waals surface area (Å²) in [6.45, 7) is 8.27. The zero-order valence-corrected chi connectivity index (χ0v) is 13.0. The number of Topliss-reactive ketones (excluding diaryl/α,β-unsaturated/α-hetero) is 1. The van der Waals surface area contributed by atoms with Gasteiger partial charge in [-0.15, -0.1) is 0 Å². The van der Waals surface area contributed by atoms with E-state index in [2.05, 4.69) is 4.98 Å². The van der Waals surface area contributed by atoms with Crippen LogP contribution in [0.4, 0.5) is 0 Å². The van der Waals surface area contributed by atoms with Crippen molar-refractivity contribution in [2.24, 2.45) is 5.92 Å². The van der Waals surface area contributed by atoms with E-state index < -0.39 is 17.7 Å². The highest BCUT2D eigenvalue weighted by atomic mass is 16.5. The zero-order valence-electron chi connectivity index (χ0n) is 13.0. The van der Waals surface area contributed by atoms with E-state index in [1.165, 1.54) is 0 Å². The number of aromatic nitrogens is 1. The Bertz CT molecular complexity index is 557. The minimum absolute atomic E-state index is 0.208. The van der Waals surface area contributed by atoms with Crippen LogP contribution in [0.3, 0.4) is 0 Å². The average Bonchev–Trinajstić information content (AvgIpc) is 2.70. The number of aromatic amines is 1. The molecule has 0 aliphatic carbocycles. The van der Waals surface area contributed by atoms with Gasteiger partial charge < -0.3 is 14.5 Å². The van der Waals surface area contributed by atoms with Crippen molar-refractivity contribution in [2.45, 2.75) is 34.6 Å². The number of ether oxygens (including phenoxy) is 2. The molecular weight excluding hydrogens is 274 g/mol. The lowest BCUT2D eigenvalue weighted by atomic mass is 10.1. The van der Waals surface area contributed by atoms with E-state index in [1.807, 2.05) is 0 Å². The molecule has 1 aromatic rings. The Hall–Kier alpha value is -2.11. The lowest BCUT2D eigenvalue weighted by Crippen LogP contribution is -2.20. The maximum atomic E-state index is 12.2. The Labute approximate surface area is 123 Å². The van der Waals surface area contributed by atoms with Gasteiger partial charge in [-0.25, -0.2) is 4.79 Å². The van der Waals surface area contributed by atoms with Gasteiger partial charge in [-0.05, 0) is 20.8 Å². The second-order valence-corrected chi connectivity index (χ2v) is 5.03. The minimum Gasteiger partial charge on any atom is -0.462 e. The summed E-state index contributed by atoms with van der Waals surface area (Å²) in [5.41, 5.74) is 1.55. The molecule has 0 unspecified atom stereocenters. The Balaban J connectivity index is 2.99. The van der Waals surface area contributed by atoms with Crippen molar-refractivity contribution in [2.75, 3.05) is 13.2 Å². The Morgan fingerprint density at radius 2 is 1.62 bits per heavy atom. The first-order valence-corrected chi connectivity index (χ1v) is 6.85. The second-order valence-electron chi connectivity index (χ2n) is 5.03. The first-order valence-electron chi connectivity index (χ1n) is 6.85. The van der Waals surface area contributed by atoms with Gasteiger partial charge in [0.1, 0.15) is 0 Å². The third-order valence-corrected chi connectivity index (χ3v) is 2.95. The number of aryl methyl sites for hydroxylation is 2. The molecule has 1 aromatic heterocycles. The fourth-order valence-electron chi connectivity index (χ4n) is 1.96. The smallest absolute Gasteiger partial charge is 0.340 e. The first-order chi connectivity index (χ1) is 9.79. The van der Waals surface area contributed by atoms with Gasteiger partial charge in [0.05, 0.1) is 23.7 Å². The van der Waals surface area contributed by atoms with Crippen LogP contribution in [0.2, 0.25) is 0 Å². The van der Waals surface area contributed by atoms with Crippen LogP contribution in [0.5, 0.6) is 0 Å². The summed E-state index contributed by atoms with van der Waals surface area (Å²) < 4.78 is 9.88. The van der Waals surface area contributed by atoms with E-state index in [9.17, 15) is 14.4 Å². The molecule has 0 atom stereocenters. The molecule has 0 aliphatic rings. The van der Waals surface area contributed by atoms with Crippen LogP contribution >= 0.6 is 0 Å². The number of esters is 2. The van der Waals surface area contributed by atoms with Crippen LogP contribution in [0, 0.1) is 19.8 Å². The fraction of sp³-hybridized carbons (Fsp3) is 0.533. The number of hydrogen-bond donors (Lipinski definition) is 1. The van der Waals surface area contributed by atoms with Crippen molar-refractivity contribution in [1.82, 2.24) is 4.98 Å². The van der Waals surface area contributed by atoms with Crippen molar-refractivity contribution in [3.63, 3.8) is 0 Å². The molecule has 0 fully saturated rings. The normalized spacial score (nSPS) is 10.6. The molecule has 0 aromatic carbocycles. The van der Waals surface area contributed by atoms with Gasteiger partial charge in [-0.3, -0.25) is 9.59 Å². The lowest BCUT2D eigenvalue weighted by molar-refractivity contribution is -0.146. The van der Waals surface area contributed by atoms with Gasteiger partial charge in [-0.1, -0.05) is 13.8 Å². The zero-order chi connectivity index (χ0) is 16.2. The van der Waals surface area contributed by atoms with Crippen LogP contribution in [0.25, 0.3) is 0 Å². The highest BCUT2D eigenvalue weighted by Crippen LogP contribution is 2.20. The molecule has 21 heavy (non-hydrogen) atoms. The monoisotopic (exact) mass is 295 g/mol. The summed E-state index contributed by atoms with van der Waals surface area (Å²) in [6.07, 6.45) is 0. The summed E-state index contributed by atoms with van der Waals surface area (Å²) in [5, 5.41) is 0. The number of H-pyrrole nitrogens is 1. The van der Waals surface area contributed by atoms with Gasteiger partial charge in [0.2, 0.25) is 5.78 Å². The predicted octanol–water partition coefficient (Wildman–Crippen LogP) is 2.19. The van der Waals surface area contributed by atoms with Crippen LogP contribution < -0.4 is 0 Å². The molecule has 1 N–H and O–H groups in total. The molecule has 1 rings (SSSR count). The molecule has 6 heteroatoms. The number of ketones is 1. The number of nitrogens with one attached hydrogen (secondary N) is 1. The molecular formula is C15H21NO5. The Morgan fingerprint density at radius 1 is 1.05 bits per heavy atom. The highest BCUT2D eigenvalue weighted by molar-refractivity contribution is 6.09. The number of hydrogen-bond acceptors (Lipinski definition) is 5. The molecule has 0 saturated carbocycles. The van der Waals surface area contributed by atoms with E-state index in [-0.39, 0.29) is 30.3 Å². The van der Waals surface area contributed by atoms with E-state index in [4.69, 9.17) is 9.47 Å². The van der Waals surface area contributed by atoms with Crippen LogP contribution in [0.1, 0.15) is 52.9 Å². The van der Waals surface area contributed by atoms with Crippen molar-refractivity contribution < 1.29 is 23.9 Å². The maximum absolute atomic E-state index is 12.2. The molecule has 116 valence electrons. The van der Waals surface area contributed by atoms with Crippen molar-refractivity contribution >= 4 is 17.7 Å². The van der Waals surface area contributed by atoms with E-state index in [0.717, 1.165) is 0 Å². The van der Waals surface area contributed by atoms with Crippen LogP contribution in [-0.2, 0) is 14.3 Å². The largest absolute Gasteiger partial charge is 0.462 e. The van der Waals surface area contributed by atoms with Crippen molar-refractivity contribution in [3.05, 3.63) is 22.5 Å². The number of carbonyl (C=O) groups excluding carboxylic acids is 3. The molecule has 1 heterocycles. The molecule has 0 aliphatic heterocycles. The highest BCUT2D eigenvalue weighted by Gasteiger charge is 2.26. The molecule has 0 saturated heterocycles. The van der Waals surface area contributed by atoms with Gasteiger partial charge in [0, 0.05) is 11.4 Å². The summed E-state index contributed by atoms with van der Waals surface area (Å²) in [6, 6.07) is 0. The maximum Gasteiger partial charge on any atom is 0.340 e. The third kappa shape index (κ3) is 3.93. The fourth-order valence-corrected chi connectivity index (χ4v) is 1.96. The minimum atomic E-state index is -0.558. The second kappa shape index (κ2) is 7.06. The predicted molar refractivity (Wildman–Crippen MR) is 76.4 cm³/mol. The van der Waals surface area contributed by atoms with Gasteiger partial charge in [0.15, 0.2) is 6.61 Å². The van der Waals surface area contributed by atoms with Crippen molar-refractivity contribution in [3.8, 4) is 0 Å². The molecule has 0 amide bonds. The summed E-state index contributed by atoms with van der Waals surface area (Å²) >= 11 is 0. The third-order valence-electron chi connectivity index (χ3n) is 2.95. The quantitative estimate of drug-likeness (QED) is 0.642. The Kier molecular flexibility index (Phi) is 5.69. The Morgan fingerprint density at radius 3 is 2.14 bits per heavy atom. The molecule has 0 bridgehead atoms. The van der Waals surface area contributed by atoms with E-state index in [0.29, 0.717) is 11.4 Å². The molecule has 0 spiro atoms. The van der Waals surface area contributed by atoms with Crippen LogP contribution in [-0.4, -0.2) is 35.9 Å². The van der Waals surface area contributed by atoms with Gasteiger partial charge >= 0.3 is 11.9 Å². The molecule has 6 nitrogen and oxygen atoms in total. The van der Waals surface area contributed by atoms with Crippen molar-refractivity contribution in [1.29, 1.82) is 0 Å². The topological polar surface area (TPSA) is 85.5 Å². The number of rotatable bonds is 6. The summed E-state index contributed by atoms with van der Waals surface area (Å²) in [5.74, 6) is -1.74.